The van der Waals surface area contributed by atoms with Gasteiger partial charge in [0.2, 0.25) is 5.88 Å². The first-order valence-electron chi connectivity index (χ1n) is 13.0. The van der Waals surface area contributed by atoms with Gasteiger partial charge in [-0.3, -0.25) is 10.3 Å². The Morgan fingerprint density at radius 2 is 1.79 bits per heavy atom. The Hall–Kier alpha value is -3.88. The fraction of sp³-hybridized carbons (Fsp3) is 0.333. The van der Waals surface area contributed by atoms with Crippen LogP contribution in [0, 0.1) is 5.41 Å². The summed E-state index contributed by atoms with van der Waals surface area (Å²) in [5.41, 5.74) is 3.17. The number of hydrogen-bond donors (Lipinski definition) is 1. The summed E-state index contributed by atoms with van der Waals surface area (Å²) in [6, 6.07) is 18.4. The minimum atomic E-state index is -0.246. The molecule has 0 unspecified atom stereocenters. The van der Waals surface area contributed by atoms with Crippen LogP contribution in [0.5, 0.6) is 23.1 Å². The summed E-state index contributed by atoms with van der Waals surface area (Å²) in [6.45, 7) is 5.17. The van der Waals surface area contributed by atoms with Crippen LogP contribution >= 0.6 is 0 Å². The number of aryl methyl sites for hydroxylation is 1. The van der Waals surface area contributed by atoms with Gasteiger partial charge in [0.15, 0.2) is 11.5 Å². The number of benzene rings is 3. The smallest absolute Gasteiger partial charge is 0.228 e. The van der Waals surface area contributed by atoms with Crippen LogP contribution in [-0.4, -0.2) is 61.5 Å². The maximum absolute atomic E-state index is 9.26. The van der Waals surface area contributed by atoms with E-state index in [1.54, 1.807) is 20.5 Å². The molecule has 2 aliphatic heterocycles. The highest BCUT2D eigenvalue weighted by molar-refractivity contribution is 5.91. The van der Waals surface area contributed by atoms with Crippen molar-refractivity contribution in [3.63, 3.8) is 0 Å². The summed E-state index contributed by atoms with van der Waals surface area (Å²) in [6.07, 6.45) is 2.67. The SMILES string of the molecule is COc1ccc([C@@H]2c3ccc4ccccc4c3Oc3ncn(CCCN4CCOCC4)c(=N)c32)cc1OC. The van der Waals surface area contributed by atoms with Gasteiger partial charge in [-0.25, -0.2) is 4.98 Å². The molecule has 0 amide bonds. The molecule has 0 spiro atoms. The second-order valence-corrected chi connectivity index (χ2v) is 9.67. The zero-order valence-corrected chi connectivity index (χ0v) is 21.8. The molecule has 4 aromatic rings. The van der Waals surface area contributed by atoms with Crippen molar-refractivity contribution in [3.05, 3.63) is 83.1 Å². The molecule has 0 radical (unpaired) electrons. The zero-order valence-electron chi connectivity index (χ0n) is 21.8. The highest BCUT2D eigenvalue weighted by Crippen LogP contribution is 2.48. The third-order valence-electron chi connectivity index (χ3n) is 7.51. The van der Waals surface area contributed by atoms with Gasteiger partial charge in [-0.1, -0.05) is 42.5 Å². The number of rotatable bonds is 7. The maximum atomic E-state index is 9.26. The van der Waals surface area contributed by atoms with Crippen molar-refractivity contribution in [2.24, 2.45) is 0 Å². The maximum Gasteiger partial charge on any atom is 0.228 e. The Bertz CT molecular complexity index is 1530. The normalized spacial score (nSPS) is 16.9. The molecule has 3 aromatic carbocycles. The lowest BCUT2D eigenvalue weighted by atomic mass is 9.82. The average molecular weight is 513 g/mol. The second kappa shape index (κ2) is 10.5. The monoisotopic (exact) mass is 512 g/mol. The van der Waals surface area contributed by atoms with Crippen molar-refractivity contribution in [2.75, 3.05) is 47.1 Å². The molecule has 196 valence electrons. The number of fused-ring (bicyclic) bond motifs is 4. The largest absolute Gasteiger partial charge is 0.493 e. The number of methoxy groups -OCH3 is 2. The molecule has 3 heterocycles. The molecule has 1 saturated heterocycles. The van der Waals surface area contributed by atoms with E-state index in [0.717, 1.165) is 72.5 Å². The van der Waals surface area contributed by atoms with Crippen LogP contribution in [0.1, 0.15) is 29.0 Å². The number of aromatic nitrogens is 2. The van der Waals surface area contributed by atoms with Crippen molar-refractivity contribution in [1.82, 2.24) is 14.5 Å². The molecule has 8 heteroatoms. The average Bonchev–Trinajstić information content (AvgIpc) is 2.97. The Labute approximate surface area is 221 Å². The number of nitrogens with zero attached hydrogens (tertiary/aromatic N) is 3. The Morgan fingerprint density at radius 1 is 0.974 bits per heavy atom. The molecule has 0 saturated carbocycles. The molecule has 2 aliphatic rings. The summed E-state index contributed by atoms with van der Waals surface area (Å²) >= 11 is 0. The van der Waals surface area contributed by atoms with Crippen molar-refractivity contribution < 1.29 is 18.9 Å². The molecule has 1 atom stereocenters. The molecule has 1 aromatic heterocycles. The van der Waals surface area contributed by atoms with E-state index in [4.69, 9.17) is 23.9 Å². The fourth-order valence-electron chi connectivity index (χ4n) is 5.54. The van der Waals surface area contributed by atoms with Gasteiger partial charge in [-0.05, 0) is 29.5 Å². The summed E-state index contributed by atoms with van der Waals surface area (Å²) in [5, 5.41) is 11.4. The lowest BCUT2D eigenvalue weighted by Crippen LogP contribution is -2.37. The van der Waals surface area contributed by atoms with E-state index >= 15 is 0 Å². The molecule has 8 nitrogen and oxygen atoms in total. The summed E-state index contributed by atoms with van der Waals surface area (Å²) in [5.74, 6) is 2.33. The van der Waals surface area contributed by atoms with Gasteiger partial charge in [0.25, 0.3) is 0 Å². The summed E-state index contributed by atoms with van der Waals surface area (Å²) < 4.78 is 25.0. The van der Waals surface area contributed by atoms with Gasteiger partial charge in [0.1, 0.15) is 17.6 Å². The number of hydrogen-bond acceptors (Lipinski definition) is 7. The first kappa shape index (κ1) is 24.5. The van der Waals surface area contributed by atoms with Crippen molar-refractivity contribution in [1.29, 1.82) is 5.41 Å². The van der Waals surface area contributed by atoms with Crippen LogP contribution in [0.4, 0.5) is 0 Å². The van der Waals surface area contributed by atoms with E-state index in [1.807, 2.05) is 34.9 Å². The summed E-state index contributed by atoms with van der Waals surface area (Å²) in [7, 11) is 3.27. The molecule has 1 fully saturated rings. The molecular weight excluding hydrogens is 480 g/mol. The van der Waals surface area contributed by atoms with Gasteiger partial charge >= 0.3 is 0 Å². The minimum absolute atomic E-state index is 0.246. The van der Waals surface area contributed by atoms with E-state index in [9.17, 15) is 5.41 Å². The third kappa shape index (κ3) is 4.40. The van der Waals surface area contributed by atoms with Crippen LogP contribution in [-0.2, 0) is 11.3 Å². The van der Waals surface area contributed by atoms with Gasteiger partial charge in [0, 0.05) is 43.0 Å². The van der Waals surface area contributed by atoms with Crippen molar-refractivity contribution in [3.8, 4) is 23.1 Å². The highest BCUT2D eigenvalue weighted by atomic mass is 16.5. The number of ether oxygens (including phenoxy) is 4. The van der Waals surface area contributed by atoms with Gasteiger partial charge < -0.3 is 23.5 Å². The van der Waals surface area contributed by atoms with Gasteiger partial charge in [-0.15, -0.1) is 0 Å². The van der Waals surface area contributed by atoms with Gasteiger partial charge in [0.05, 0.1) is 33.0 Å². The number of nitrogens with one attached hydrogen (secondary N) is 1. The van der Waals surface area contributed by atoms with E-state index in [2.05, 4.69) is 29.2 Å². The van der Waals surface area contributed by atoms with Crippen LogP contribution < -0.4 is 19.7 Å². The highest BCUT2D eigenvalue weighted by Gasteiger charge is 2.33. The molecule has 38 heavy (non-hydrogen) atoms. The van der Waals surface area contributed by atoms with Crippen LogP contribution in [0.2, 0.25) is 0 Å². The van der Waals surface area contributed by atoms with Crippen molar-refractivity contribution >= 4 is 10.8 Å². The second-order valence-electron chi connectivity index (χ2n) is 9.67. The molecule has 0 aliphatic carbocycles. The van der Waals surface area contributed by atoms with Gasteiger partial charge in [-0.2, -0.15) is 0 Å². The Morgan fingerprint density at radius 3 is 2.61 bits per heavy atom. The molecule has 6 rings (SSSR count). The molecule has 1 N–H and O–H groups in total. The van der Waals surface area contributed by atoms with Crippen LogP contribution in [0.25, 0.3) is 10.8 Å². The first-order valence-corrected chi connectivity index (χ1v) is 13.0. The first-order chi connectivity index (χ1) is 18.7. The van der Waals surface area contributed by atoms with E-state index < -0.39 is 0 Å². The standard InChI is InChI=1S/C30H32N4O4/c1-35-24-11-9-21(18-25(24)36-2)26-23-10-8-20-6-3-4-7-22(20)28(23)38-30-27(26)29(31)34(19-32-30)13-5-12-33-14-16-37-17-15-33/h3-4,6-11,18-19,26,31H,5,12-17H2,1-2H3/t26-/m1/s1. The third-order valence-corrected chi connectivity index (χ3v) is 7.51. The van der Waals surface area contributed by atoms with E-state index in [1.165, 1.54) is 0 Å². The van der Waals surface area contributed by atoms with E-state index in [-0.39, 0.29) is 5.92 Å². The predicted molar refractivity (Wildman–Crippen MR) is 144 cm³/mol. The topological polar surface area (TPSA) is 81.8 Å². The van der Waals surface area contributed by atoms with Crippen molar-refractivity contribution in [2.45, 2.75) is 18.9 Å². The molecule has 0 bridgehead atoms. The van der Waals surface area contributed by atoms with E-state index in [0.29, 0.717) is 29.4 Å². The summed E-state index contributed by atoms with van der Waals surface area (Å²) in [4.78, 5) is 7.15. The number of morpholine rings is 1. The predicted octanol–water partition coefficient (Wildman–Crippen LogP) is 4.54. The van der Waals surface area contributed by atoms with Crippen LogP contribution in [0.15, 0.2) is 60.9 Å². The lowest BCUT2D eigenvalue weighted by molar-refractivity contribution is 0.0369. The Balaban J connectivity index is 1.44. The fourth-order valence-corrected chi connectivity index (χ4v) is 5.54. The minimum Gasteiger partial charge on any atom is -0.493 e. The zero-order chi connectivity index (χ0) is 26.1. The Kier molecular flexibility index (Phi) is 6.74. The quantitative estimate of drug-likeness (QED) is 0.345. The molecular formula is C30H32N4O4. The van der Waals surface area contributed by atoms with Crippen LogP contribution in [0.3, 0.4) is 0 Å². The lowest BCUT2D eigenvalue weighted by Gasteiger charge is -2.30.